The molecule has 4 aromatic carbocycles. The summed E-state index contributed by atoms with van der Waals surface area (Å²) in [6.45, 7) is 2.33. The first-order valence-electron chi connectivity index (χ1n) is 12.6. The van der Waals surface area contributed by atoms with Gasteiger partial charge < -0.3 is 5.32 Å². The maximum absolute atomic E-state index is 13.6. The monoisotopic (exact) mass is 524 g/mol. The first kappa shape index (κ1) is 27.0. The summed E-state index contributed by atoms with van der Waals surface area (Å²) in [5.74, 6) is -0.176. The minimum absolute atomic E-state index is 0.164. The van der Waals surface area contributed by atoms with Gasteiger partial charge in [0.25, 0.3) is 5.91 Å². The van der Waals surface area contributed by atoms with Gasteiger partial charge in [-0.3, -0.25) is 4.79 Å². The Morgan fingerprint density at radius 3 is 1.95 bits per heavy atom. The summed E-state index contributed by atoms with van der Waals surface area (Å²) in [5, 5.41) is 3.09. The Hall–Kier alpha value is -4.00. The molecule has 4 aromatic rings. The lowest BCUT2D eigenvalue weighted by Gasteiger charge is -2.22. The Kier molecular flexibility index (Phi) is 9.25. The molecule has 1 amide bonds. The second-order valence-corrected chi connectivity index (χ2v) is 11.1. The van der Waals surface area contributed by atoms with Crippen LogP contribution < -0.4 is 5.32 Å². The second-order valence-electron chi connectivity index (χ2n) is 9.16. The quantitative estimate of drug-likeness (QED) is 0.253. The molecule has 0 spiro atoms. The van der Waals surface area contributed by atoms with Gasteiger partial charge in [-0.1, -0.05) is 109 Å². The molecule has 1 atom stereocenters. The van der Waals surface area contributed by atoms with Gasteiger partial charge in [0.15, 0.2) is 0 Å². The van der Waals surface area contributed by atoms with E-state index in [9.17, 15) is 13.2 Å². The van der Waals surface area contributed by atoms with Crippen LogP contribution in [0, 0.1) is 6.92 Å². The van der Waals surface area contributed by atoms with Crippen molar-refractivity contribution in [3.8, 4) is 0 Å². The lowest BCUT2D eigenvalue weighted by molar-refractivity contribution is 0.0944. The first-order valence-corrected chi connectivity index (χ1v) is 14.0. The zero-order valence-corrected chi connectivity index (χ0v) is 22.2. The van der Waals surface area contributed by atoms with Crippen molar-refractivity contribution in [1.29, 1.82) is 0 Å². The van der Waals surface area contributed by atoms with Gasteiger partial charge in [0.2, 0.25) is 10.0 Å². The Labute approximate surface area is 225 Å². The van der Waals surface area contributed by atoms with E-state index in [2.05, 4.69) is 5.32 Å². The van der Waals surface area contributed by atoms with Crippen LogP contribution in [0.2, 0.25) is 0 Å². The molecule has 0 aliphatic heterocycles. The standard InChI is InChI=1S/C32H32N2O3S/c1-26-19-21-31(22-20-26)38(36,37)34(25-28-14-7-3-8-15-28)23-11-18-30(24-27-12-5-2-6-13-27)33-32(35)29-16-9-4-10-17-29/h2-22,30H,23-25H2,1H3,(H,33,35)/b18-11-/t30-/m1/s1. The van der Waals surface area contributed by atoms with E-state index < -0.39 is 10.0 Å². The highest BCUT2D eigenvalue weighted by molar-refractivity contribution is 7.89. The molecule has 0 radical (unpaired) electrons. The predicted octanol–water partition coefficient (Wildman–Crippen LogP) is 5.78. The van der Waals surface area contributed by atoms with Crippen molar-refractivity contribution >= 4 is 15.9 Å². The van der Waals surface area contributed by atoms with Crippen LogP contribution in [0.15, 0.2) is 132 Å². The van der Waals surface area contributed by atoms with Gasteiger partial charge in [-0.2, -0.15) is 4.31 Å². The Morgan fingerprint density at radius 2 is 1.34 bits per heavy atom. The number of rotatable bonds is 11. The van der Waals surface area contributed by atoms with E-state index in [-0.39, 0.29) is 29.9 Å². The van der Waals surface area contributed by atoms with E-state index in [1.54, 1.807) is 36.4 Å². The molecule has 0 unspecified atom stereocenters. The number of hydrogen-bond donors (Lipinski definition) is 1. The maximum atomic E-state index is 13.6. The molecule has 1 N–H and O–H groups in total. The van der Waals surface area contributed by atoms with Crippen molar-refractivity contribution in [1.82, 2.24) is 9.62 Å². The number of benzene rings is 4. The van der Waals surface area contributed by atoms with E-state index in [4.69, 9.17) is 0 Å². The van der Waals surface area contributed by atoms with Crippen molar-refractivity contribution < 1.29 is 13.2 Å². The lowest BCUT2D eigenvalue weighted by Crippen LogP contribution is -2.35. The van der Waals surface area contributed by atoms with Gasteiger partial charge >= 0.3 is 0 Å². The van der Waals surface area contributed by atoms with Gasteiger partial charge in [0.05, 0.1) is 10.9 Å². The van der Waals surface area contributed by atoms with Crippen LogP contribution in [0.3, 0.4) is 0 Å². The fourth-order valence-electron chi connectivity index (χ4n) is 4.11. The summed E-state index contributed by atoms with van der Waals surface area (Å²) in [6.07, 6.45) is 4.30. The molecule has 0 aromatic heterocycles. The second kappa shape index (κ2) is 13.0. The Bertz CT molecular complexity index is 1440. The van der Waals surface area contributed by atoms with Crippen LogP contribution in [0.1, 0.15) is 27.0 Å². The molecule has 0 bridgehead atoms. The summed E-state index contributed by atoms with van der Waals surface area (Å²) in [6, 6.07) is 35.1. The van der Waals surface area contributed by atoms with E-state index in [1.165, 1.54) is 4.31 Å². The summed E-state index contributed by atoms with van der Waals surface area (Å²) < 4.78 is 28.7. The topological polar surface area (TPSA) is 66.5 Å². The zero-order valence-electron chi connectivity index (χ0n) is 21.4. The predicted molar refractivity (Wildman–Crippen MR) is 152 cm³/mol. The third-order valence-electron chi connectivity index (χ3n) is 6.19. The molecule has 4 rings (SSSR count). The van der Waals surface area contributed by atoms with Gasteiger partial charge in [-0.15, -0.1) is 0 Å². The van der Waals surface area contributed by atoms with Gasteiger partial charge in [-0.25, -0.2) is 8.42 Å². The highest BCUT2D eigenvalue weighted by Gasteiger charge is 2.24. The van der Waals surface area contributed by atoms with E-state index in [0.29, 0.717) is 12.0 Å². The number of nitrogens with zero attached hydrogens (tertiary/aromatic N) is 1. The summed E-state index contributed by atoms with van der Waals surface area (Å²) in [4.78, 5) is 13.2. The van der Waals surface area contributed by atoms with Crippen LogP contribution in [0.4, 0.5) is 0 Å². The smallest absolute Gasteiger partial charge is 0.251 e. The van der Waals surface area contributed by atoms with Crippen LogP contribution in [-0.4, -0.2) is 31.2 Å². The minimum atomic E-state index is -3.74. The molecule has 5 nitrogen and oxygen atoms in total. The Balaban J connectivity index is 1.57. The Morgan fingerprint density at radius 1 is 0.789 bits per heavy atom. The van der Waals surface area contributed by atoms with Crippen molar-refractivity contribution in [2.75, 3.05) is 6.54 Å². The van der Waals surface area contributed by atoms with Crippen molar-refractivity contribution in [3.63, 3.8) is 0 Å². The normalized spacial score (nSPS) is 12.5. The average molecular weight is 525 g/mol. The number of nitrogens with one attached hydrogen (secondary N) is 1. The number of carbonyl (C=O) groups is 1. The first-order chi connectivity index (χ1) is 18.4. The van der Waals surface area contributed by atoms with Crippen LogP contribution >= 0.6 is 0 Å². The molecule has 0 aliphatic rings. The molecule has 194 valence electrons. The molecule has 38 heavy (non-hydrogen) atoms. The summed E-state index contributed by atoms with van der Waals surface area (Å²) >= 11 is 0. The molecular weight excluding hydrogens is 492 g/mol. The number of aryl methyl sites for hydroxylation is 1. The molecule has 0 saturated carbocycles. The zero-order chi connectivity index (χ0) is 26.8. The molecular formula is C32H32N2O3S. The third-order valence-corrected chi connectivity index (χ3v) is 8.01. The summed E-state index contributed by atoms with van der Waals surface area (Å²) in [5.41, 5.74) is 3.54. The minimum Gasteiger partial charge on any atom is -0.346 e. The molecule has 0 fully saturated rings. The number of sulfonamides is 1. The van der Waals surface area contributed by atoms with Crippen molar-refractivity contribution in [3.05, 3.63) is 150 Å². The number of amides is 1. The third kappa shape index (κ3) is 7.51. The number of carbonyl (C=O) groups excluding carboxylic acids is 1. The highest BCUT2D eigenvalue weighted by atomic mass is 32.2. The lowest BCUT2D eigenvalue weighted by atomic mass is 10.0. The van der Waals surface area contributed by atoms with Crippen molar-refractivity contribution in [2.24, 2.45) is 0 Å². The van der Waals surface area contributed by atoms with Crippen LogP contribution in [0.25, 0.3) is 0 Å². The van der Waals surface area contributed by atoms with Crippen LogP contribution in [0.5, 0.6) is 0 Å². The van der Waals surface area contributed by atoms with Crippen LogP contribution in [-0.2, 0) is 23.0 Å². The van der Waals surface area contributed by atoms with Gasteiger partial charge in [0, 0.05) is 18.7 Å². The largest absolute Gasteiger partial charge is 0.346 e. The average Bonchev–Trinajstić information content (AvgIpc) is 2.94. The van der Waals surface area contributed by atoms with E-state index in [1.807, 2.05) is 97.9 Å². The summed E-state index contributed by atoms with van der Waals surface area (Å²) in [7, 11) is -3.74. The maximum Gasteiger partial charge on any atom is 0.251 e. The SMILES string of the molecule is Cc1ccc(S(=O)(=O)N(C/C=C\[C@H](Cc2ccccc2)NC(=O)c2ccccc2)Cc2ccccc2)cc1. The van der Waals surface area contributed by atoms with Gasteiger partial charge in [0.1, 0.15) is 0 Å². The fourth-order valence-corrected chi connectivity index (χ4v) is 5.49. The van der Waals surface area contributed by atoms with Crippen molar-refractivity contribution in [2.45, 2.75) is 30.8 Å². The molecule has 6 heteroatoms. The van der Waals surface area contributed by atoms with E-state index in [0.717, 1.165) is 16.7 Å². The van der Waals surface area contributed by atoms with E-state index >= 15 is 0 Å². The number of hydrogen-bond acceptors (Lipinski definition) is 3. The fraction of sp³-hybridized carbons (Fsp3) is 0.156. The molecule has 0 saturated heterocycles. The molecule has 0 aliphatic carbocycles. The van der Waals surface area contributed by atoms with Gasteiger partial charge in [-0.05, 0) is 48.7 Å². The molecule has 0 heterocycles. The highest BCUT2D eigenvalue weighted by Crippen LogP contribution is 2.19.